The molecule has 166 valence electrons. The van der Waals surface area contributed by atoms with Gasteiger partial charge in [0.25, 0.3) is 5.54 Å². The second-order valence-electron chi connectivity index (χ2n) is 8.79. The summed E-state index contributed by atoms with van der Waals surface area (Å²) in [5.74, 6) is 0.316. The maximum absolute atomic E-state index is 15.1. The fraction of sp³-hybridized carbons (Fsp3) is 0.333. The molecule has 0 spiro atoms. The number of hydrogen-bond acceptors (Lipinski definition) is 5. The fourth-order valence-electron chi connectivity index (χ4n) is 5.36. The van der Waals surface area contributed by atoms with Crippen molar-refractivity contribution in [2.24, 2.45) is 11.8 Å². The largest absolute Gasteiger partial charge is 0.442 e. The van der Waals surface area contributed by atoms with Gasteiger partial charge >= 0.3 is 6.09 Å². The van der Waals surface area contributed by atoms with Gasteiger partial charge in [0.15, 0.2) is 0 Å². The monoisotopic (exact) mass is 444 g/mol. The summed E-state index contributed by atoms with van der Waals surface area (Å²) in [6, 6.07) is 12.4. The molecule has 0 bridgehead atoms. The summed E-state index contributed by atoms with van der Waals surface area (Å²) in [6.07, 6.45) is 2.36. The summed E-state index contributed by atoms with van der Waals surface area (Å²) in [5, 5.41) is 11.0. The van der Waals surface area contributed by atoms with Gasteiger partial charge in [0.05, 0.1) is 36.8 Å². The van der Waals surface area contributed by atoms with Crippen molar-refractivity contribution in [3.05, 3.63) is 77.7 Å². The first-order valence-corrected chi connectivity index (χ1v) is 10.9. The van der Waals surface area contributed by atoms with E-state index in [1.54, 1.807) is 29.2 Å². The molecule has 1 amide bonds. The van der Waals surface area contributed by atoms with Crippen LogP contribution in [-0.4, -0.2) is 46.8 Å². The Morgan fingerprint density at radius 2 is 2.00 bits per heavy atom. The van der Waals surface area contributed by atoms with E-state index in [4.69, 9.17) is 11.3 Å². The number of amides is 1. The lowest BCUT2D eigenvalue weighted by Crippen LogP contribution is -2.26. The molecular weight excluding hydrogens is 423 g/mol. The quantitative estimate of drug-likeness (QED) is 0.612. The van der Waals surface area contributed by atoms with E-state index in [1.165, 1.54) is 11.0 Å². The van der Waals surface area contributed by atoms with E-state index >= 15 is 4.39 Å². The molecule has 2 saturated heterocycles. The fourth-order valence-corrected chi connectivity index (χ4v) is 5.36. The minimum Gasteiger partial charge on any atom is -0.442 e. The smallest absolute Gasteiger partial charge is 0.414 e. The Morgan fingerprint density at radius 1 is 1.21 bits per heavy atom. The van der Waals surface area contributed by atoms with Crippen molar-refractivity contribution in [3.8, 4) is 11.1 Å². The predicted octanol–water partition coefficient (Wildman–Crippen LogP) is 3.07. The van der Waals surface area contributed by atoms with E-state index in [2.05, 4.69) is 20.5 Å². The first kappa shape index (κ1) is 19.9. The molecule has 1 aromatic heterocycles. The maximum atomic E-state index is 15.1. The second kappa shape index (κ2) is 7.39. The van der Waals surface area contributed by atoms with Crippen molar-refractivity contribution < 1.29 is 13.9 Å². The summed E-state index contributed by atoms with van der Waals surface area (Å²) in [4.78, 5) is 17.7. The standard InChI is InChI=1S/C24H21FN6O2/c1-26-24(20-11-27-12-21(20)24)16-4-2-15(3-5-16)19-7-6-17(10-22(19)25)31-14-18(33-23(31)32)13-30-9-8-28-29-30/h2-10,18,20-21,27H,11-14H2/t18-,20-,21+,24?/m0/s1. The topological polar surface area (TPSA) is 76.6 Å². The first-order valence-electron chi connectivity index (χ1n) is 10.9. The van der Waals surface area contributed by atoms with Crippen molar-refractivity contribution >= 4 is 11.8 Å². The zero-order chi connectivity index (χ0) is 22.6. The van der Waals surface area contributed by atoms with Crippen LogP contribution in [0.1, 0.15) is 5.56 Å². The third kappa shape index (κ3) is 3.09. The molecule has 1 saturated carbocycles. The van der Waals surface area contributed by atoms with Crippen molar-refractivity contribution in [3.63, 3.8) is 0 Å². The van der Waals surface area contributed by atoms with Crippen LogP contribution in [0.15, 0.2) is 54.9 Å². The van der Waals surface area contributed by atoms with E-state index in [1.807, 2.05) is 24.3 Å². The summed E-state index contributed by atoms with van der Waals surface area (Å²) in [6.45, 7) is 10.2. The first-order chi connectivity index (χ1) is 16.1. The lowest BCUT2D eigenvalue weighted by Gasteiger charge is -2.15. The van der Waals surface area contributed by atoms with Crippen molar-refractivity contribution in [2.45, 2.75) is 18.2 Å². The number of anilines is 1. The Bertz CT molecular complexity index is 1240. The van der Waals surface area contributed by atoms with Gasteiger partial charge in [-0.15, -0.1) is 5.10 Å². The highest BCUT2D eigenvalue weighted by Gasteiger charge is 2.75. The molecule has 0 radical (unpaired) electrons. The van der Waals surface area contributed by atoms with Gasteiger partial charge in [-0.25, -0.2) is 20.4 Å². The van der Waals surface area contributed by atoms with Crippen molar-refractivity contribution in [1.82, 2.24) is 20.3 Å². The molecule has 6 rings (SSSR count). The molecular formula is C24H21FN6O2. The van der Waals surface area contributed by atoms with Crippen molar-refractivity contribution in [2.75, 3.05) is 24.5 Å². The van der Waals surface area contributed by atoms with Gasteiger partial charge < -0.3 is 14.9 Å². The summed E-state index contributed by atoms with van der Waals surface area (Å²) < 4.78 is 22.1. The number of nitrogens with zero attached hydrogens (tertiary/aromatic N) is 5. The number of piperidine rings is 1. The van der Waals surface area contributed by atoms with Crippen LogP contribution < -0.4 is 10.2 Å². The Morgan fingerprint density at radius 3 is 2.67 bits per heavy atom. The van der Waals surface area contributed by atoms with Gasteiger partial charge in [0, 0.05) is 30.4 Å². The van der Waals surface area contributed by atoms with Gasteiger partial charge in [-0.2, -0.15) is 0 Å². The number of hydrogen-bond donors (Lipinski definition) is 1. The number of carbonyl (C=O) groups excluding carboxylic acids is 1. The normalized spacial score (nSPS) is 27.8. The van der Waals surface area contributed by atoms with E-state index in [0.29, 0.717) is 36.2 Å². The molecule has 8 nitrogen and oxygen atoms in total. The SMILES string of the molecule is [C-]#[N+]C1(c2ccc(-c3ccc(N4C[C@H](Cn5ccnn5)OC4=O)cc3F)cc2)[C@@H]2CNC[C@@H]21. The van der Waals surface area contributed by atoms with E-state index in [0.717, 1.165) is 24.2 Å². The average Bonchev–Trinajstić information content (AvgIpc) is 3.35. The Balaban J connectivity index is 1.20. The molecule has 3 aliphatic rings. The summed E-state index contributed by atoms with van der Waals surface area (Å²) >= 11 is 0. The van der Waals surface area contributed by atoms with Crippen LogP contribution in [0, 0.1) is 24.2 Å². The highest BCUT2D eigenvalue weighted by atomic mass is 19.1. The van der Waals surface area contributed by atoms with Crippen LogP contribution in [0.3, 0.4) is 0 Å². The molecule has 1 unspecified atom stereocenters. The van der Waals surface area contributed by atoms with Crippen LogP contribution in [0.4, 0.5) is 14.9 Å². The minimum atomic E-state index is -0.509. The zero-order valence-corrected chi connectivity index (χ0v) is 17.7. The van der Waals surface area contributed by atoms with Gasteiger partial charge in [-0.1, -0.05) is 29.5 Å². The molecule has 33 heavy (non-hydrogen) atoms. The molecule has 4 atom stereocenters. The summed E-state index contributed by atoms with van der Waals surface area (Å²) in [7, 11) is 0. The van der Waals surface area contributed by atoms with Gasteiger partial charge in [-0.3, -0.25) is 4.90 Å². The van der Waals surface area contributed by atoms with Crippen LogP contribution in [-0.2, 0) is 16.8 Å². The van der Waals surface area contributed by atoms with Crippen LogP contribution >= 0.6 is 0 Å². The van der Waals surface area contributed by atoms with E-state index in [-0.39, 0.29) is 6.10 Å². The molecule has 3 heterocycles. The maximum Gasteiger partial charge on any atom is 0.414 e. The van der Waals surface area contributed by atoms with E-state index in [9.17, 15) is 4.79 Å². The Hall–Kier alpha value is -3.77. The third-order valence-electron chi connectivity index (χ3n) is 7.08. The summed E-state index contributed by atoms with van der Waals surface area (Å²) in [5.41, 5.74) is 2.22. The Labute approximate surface area is 189 Å². The number of cyclic esters (lactones) is 1. The molecule has 2 aliphatic heterocycles. The minimum absolute atomic E-state index is 0.308. The number of carbonyl (C=O) groups is 1. The predicted molar refractivity (Wildman–Crippen MR) is 118 cm³/mol. The molecule has 3 aromatic rings. The van der Waals surface area contributed by atoms with Crippen LogP contribution in [0.25, 0.3) is 16.0 Å². The second-order valence-corrected chi connectivity index (χ2v) is 8.79. The third-order valence-corrected chi connectivity index (χ3v) is 7.08. The van der Waals surface area contributed by atoms with Gasteiger partial charge in [-0.05, 0) is 23.8 Å². The highest BCUT2D eigenvalue weighted by Crippen LogP contribution is 2.62. The number of aromatic nitrogens is 3. The number of halogens is 1. The van der Waals surface area contributed by atoms with Crippen molar-refractivity contribution in [1.29, 1.82) is 0 Å². The number of nitrogens with one attached hydrogen (secondary N) is 1. The van der Waals surface area contributed by atoms with E-state index < -0.39 is 17.4 Å². The molecule has 3 fully saturated rings. The number of benzene rings is 2. The molecule has 9 heteroatoms. The zero-order valence-electron chi connectivity index (χ0n) is 17.7. The average molecular weight is 444 g/mol. The number of ether oxygens (including phenoxy) is 1. The molecule has 1 aliphatic carbocycles. The number of fused-ring (bicyclic) bond motifs is 1. The van der Waals surface area contributed by atoms with Gasteiger partial charge in [0.1, 0.15) is 11.9 Å². The number of rotatable bonds is 5. The Kier molecular flexibility index (Phi) is 4.45. The lowest BCUT2D eigenvalue weighted by molar-refractivity contribution is 0.129. The van der Waals surface area contributed by atoms with Gasteiger partial charge in [0.2, 0.25) is 0 Å². The van der Waals surface area contributed by atoms with Crippen LogP contribution in [0.2, 0.25) is 0 Å². The lowest BCUT2D eigenvalue weighted by atomic mass is 9.96. The molecule has 2 aromatic carbocycles. The van der Waals surface area contributed by atoms with Crippen LogP contribution in [0.5, 0.6) is 0 Å². The highest BCUT2D eigenvalue weighted by molar-refractivity contribution is 5.90. The molecule has 1 N–H and O–H groups in total.